The van der Waals surface area contributed by atoms with Gasteiger partial charge in [-0.1, -0.05) is 45.0 Å². The molecule has 1 atom stereocenters. The molecule has 1 aromatic rings. The van der Waals surface area contributed by atoms with Crippen molar-refractivity contribution in [2.24, 2.45) is 5.73 Å². The van der Waals surface area contributed by atoms with Gasteiger partial charge >= 0.3 is 0 Å². The van der Waals surface area contributed by atoms with Crippen LogP contribution in [0.25, 0.3) is 0 Å². The Labute approximate surface area is 123 Å². The molecule has 1 saturated heterocycles. The van der Waals surface area contributed by atoms with Gasteiger partial charge in [0.05, 0.1) is 6.61 Å². The number of hydrogen-bond donors (Lipinski definition) is 1. The van der Waals surface area contributed by atoms with Crippen molar-refractivity contribution < 1.29 is 4.74 Å². The van der Waals surface area contributed by atoms with Gasteiger partial charge in [0.25, 0.3) is 0 Å². The van der Waals surface area contributed by atoms with Gasteiger partial charge in [0, 0.05) is 32.3 Å². The highest BCUT2D eigenvalue weighted by Gasteiger charge is 2.21. The molecule has 0 bridgehead atoms. The number of rotatable bonds is 3. The van der Waals surface area contributed by atoms with Crippen molar-refractivity contribution in [3.63, 3.8) is 0 Å². The lowest BCUT2D eigenvalue weighted by atomic mass is 9.86. The van der Waals surface area contributed by atoms with Crippen LogP contribution in [0.4, 0.5) is 0 Å². The highest BCUT2D eigenvalue weighted by atomic mass is 16.5. The molecule has 2 N–H and O–H groups in total. The van der Waals surface area contributed by atoms with Crippen molar-refractivity contribution in [2.75, 3.05) is 32.8 Å². The Balaban J connectivity index is 2.14. The van der Waals surface area contributed by atoms with Gasteiger partial charge in [-0.3, -0.25) is 4.90 Å². The predicted octanol–water partition coefficient (Wildman–Crippen LogP) is 2.71. The van der Waals surface area contributed by atoms with Crippen LogP contribution in [-0.4, -0.2) is 37.7 Å². The minimum absolute atomic E-state index is 0.202. The highest BCUT2D eigenvalue weighted by molar-refractivity contribution is 5.29. The molecule has 0 aliphatic carbocycles. The van der Waals surface area contributed by atoms with Crippen LogP contribution < -0.4 is 5.73 Å². The van der Waals surface area contributed by atoms with Gasteiger partial charge in [0.2, 0.25) is 0 Å². The number of nitrogens with two attached hydrogens (primary N) is 1. The lowest BCUT2D eigenvalue weighted by Gasteiger charge is -2.30. The van der Waals surface area contributed by atoms with Crippen molar-refractivity contribution in [3.05, 3.63) is 35.4 Å². The van der Waals surface area contributed by atoms with E-state index in [1.165, 1.54) is 11.1 Å². The van der Waals surface area contributed by atoms with Crippen LogP contribution in [0.5, 0.6) is 0 Å². The molecule has 20 heavy (non-hydrogen) atoms. The van der Waals surface area contributed by atoms with E-state index < -0.39 is 0 Å². The Morgan fingerprint density at radius 2 is 1.85 bits per heavy atom. The molecule has 0 spiro atoms. The van der Waals surface area contributed by atoms with Crippen LogP contribution in [0.15, 0.2) is 24.3 Å². The topological polar surface area (TPSA) is 38.5 Å². The van der Waals surface area contributed by atoms with Crippen molar-refractivity contribution >= 4 is 0 Å². The van der Waals surface area contributed by atoms with Crippen LogP contribution in [-0.2, 0) is 10.2 Å². The first kappa shape index (κ1) is 15.5. The van der Waals surface area contributed by atoms with Crippen molar-refractivity contribution in [3.8, 4) is 0 Å². The molecule has 1 aliphatic rings. The molecule has 1 fully saturated rings. The minimum Gasteiger partial charge on any atom is -0.380 e. The molecule has 3 heteroatoms. The minimum atomic E-state index is 0.202. The first-order valence-electron chi connectivity index (χ1n) is 7.64. The molecular formula is C17H28N2O. The van der Waals surface area contributed by atoms with Crippen molar-refractivity contribution in [2.45, 2.75) is 38.6 Å². The SMILES string of the molecule is CC(C)(C)c1ccc(C(CN)N2CCCOCC2)cc1. The van der Waals surface area contributed by atoms with E-state index in [0.717, 1.165) is 32.7 Å². The second kappa shape index (κ2) is 6.70. The summed E-state index contributed by atoms with van der Waals surface area (Å²) in [5.74, 6) is 0. The summed E-state index contributed by atoms with van der Waals surface area (Å²) in [5.41, 5.74) is 8.92. The fraction of sp³-hybridized carbons (Fsp3) is 0.647. The van der Waals surface area contributed by atoms with E-state index in [0.29, 0.717) is 12.6 Å². The Hall–Kier alpha value is -0.900. The second-order valence-electron chi connectivity index (χ2n) is 6.63. The molecule has 1 unspecified atom stereocenters. The quantitative estimate of drug-likeness (QED) is 0.922. The fourth-order valence-corrected chi connectivity index (χ4v) is 2.78. The van der Waals surface area contributed by atoms with Crippen molar-refractivity contribution in [1.82, 2.24) is 4.90 Å². The standard InChI is InChI=1S/C17H28N2O/c1-17(2,3)15-7-5-14(6-8-15)16(13-18)19-9-4-11-20-12-10-19/h5-8,16H,4,9-13,18H2,1-3H3. The largest absolute Gasteiger partial charge is 0.380 e. The maximum atomic E-state index is 6.03. The molecule has 112 valence electrons. The van der Waals surface area contributed by atoms with Gasteiger partial charge in [-0.05, 0) is 23.0 Å². The van der Waals surface area contributed by atoms with Crippen LogP contribution in [0.1, 0.15) is 44.4 Å². The van der Waals surface area contributed by atoms with E-state index in [1.54, 1.807) is 0 Å². The molecule has 0 radical (unpaired) electrons. The third-order valence-electron chi connectivity index (χ3n) is 4.08. The van der Waals surface area contributed by atoms with E-state index in [-0.39, 0.29) is 5.41 Å². The number of nitrogens with zero attached hydrogens (tertiary/aromatic N) is 1. The zero-order valence-corrected chi connectivity index (χ0v) is 13.1. The van der Waals surface area contributed by atoms with Gasteiger partial charge in [-0.2, -0.15) is 0 Å². The molecule has 0 aromatic heterocycles. The summed E-state index contributed by atoms with van der Waals surface area (Å²) in [5, 5.41) is 0. The molecule has 3 nitrogen and oxygen atoms in total. The zero-order chi connectivity index (χ0) is 14.6. The average molecular weight is 276 g/mol. The normalized spacial score (nSPS) is 19.6. The Morgan fingerprint density at radius 3 is 2.45 bits per heavy atom. The summed E-state index contributed by atoms with van der Waals surface area (Å²) in [6.45, 7) is 11.1. The van der Waals surface area contributed by atoms with E-state index >= 15 is 0 Å². The summed E-state index contributed by atoms with van der Waals surface area (Å²) in [4.78, 5) is 2.46. The average Bonchev–Trinajstić information content (AvgIpc) is 2.68. The number of benzene rings is 1. The van der Waals surface area contributed by atoms with Crippen molar-refractivity contribution in [1.29, 1.82) is 0 Å². The third kappa shape index (κ3) is 3.81. The maximum Gasteiger partial charge on any atom is 0.0593 e. The third-order valence-corrected chi connectivity index (χ3v) is 4.08. The predicted molar refractivity (Wildman–Crippen MR) is 83.9 cm³/mol. The lowest BCUT2D eigenvalue weighted by molar-refractivity contribution is 0.132. The van der Waals surface area contributed by atoms with Gasteiger partial charge < -0.3 is 10.5 Å². The van der Waals surface area contributed by atoms with E-state index in [2.05, 4.69) is 49.9 Å². The van der Waals surface area contributed by atoms with E-state index in [4.69, 9.17) is 10.5 Å². The molecule has 2 rings (SSSR count). The highest BCUT2D eigenvalue weighted by Crippen LogP contribution is 2.26. The monoisotopic (exact) mass is 276 g/mol. The van der Waals surface area contributed by atoms with Crippen LogP contribution >= 0.6 is 0 Å². The number of ether oxygens (including phenoxy) is 1. The molecule has 1 aromatic carbocycles. The van der Waals surface area contributed by atoms with Gasteiger partial charge in [0.15, 0.2) is 0 Å². The lowest BCUT2D eigenvalue weighted by Crippen LogP contribution is -2.35. The van der Waals surface area contributed by atoms with Gasteiger partial charge in [-0.15, -0.1) is 0 Å². The smallest absolute Gasteiger partial charge is 0.0593 e. The van der Waals surface area contributed by atoms with E-state index in [9.17, 15) is 0 Å². The zero-order valence-electron chi connectivity index (χ0n) is 13.1. The fourth-order valence-electron chi connectivity index (χ4n) is 2.78. The first-order chi connectivity index (χ1) is 9.52. The summed E-state index contributed by atoms with van der Waals surface area (Å²) < 4.78 is 5.54. The van der Waals surface area contributed by atoms with Crippen LogP contribution in [0.2, 0.25) is 0 Å². The first-order valence-corrected chi connectivity index (χ1v) is 7.64. The molecule has 1 heterocycles. The molecular weight excluding hydrogens is 248 g/mol. The maximum absolute atomic E-state index is 6.03. The van der Waals surface area contributed by atoms with Gasteiger partial charge in [0.1, 0.15) is 0 Å². The van der Waals surface area contributed by atoms with Crippen LogP contribution in [0.3, 0.4) is 0 Å². The van der Waals surface area contributed by atoms with E-state index in [1.807, 2.05) is 0 Å². The molecule has 1 aliphatic heterocycles. The second-order valence-corrected chi connectivity index (χ2v) is 6.63. The summed E-state index contributed by atoms with van der Waals surface area (Å²) in [7, 11) is 0. The Bertz CT molecular complexity index is 400. The van der Waals surface area contributed by atoms with Gasteiger partial charge in [-0.25, -0.2) is 0 Å². The summed E-state index contributed by atoms with van der Waals surface area (Å²) in [6.07, 6.45) is 1.09. The molecule has 0 saturated carbocycles. The summed E-state index contributed by atoms with van der Waals surface area (Å²) >= 11 is 0. The summed E-state index contributed by atoms with van der Waals surface area (Å²) in [6, 6.07) is 9.28. The van der Waals surface area contributed by atoms with Crippen LogP contribution in [0, 0.1) is 0 Å². The number of hydrogen-bond acceptors (Lipinski definition) is 3. The Kier molecular flexibility index (Phi) is 5.19. The Morgan fingerprint density at radius 1 is 1.15 bits per heavy atom. The molecule has 0 amide bonds.